The fourth-order valence-electron chi connectivity index (χ4n) is 5.67. The van der Waals surface area contributed by atoms with Gasteiger partial charge in [0.05, 0.1) is 13.2 Å². The van der Waals surface area contributed by atoms with Crippen molar-refractivity contribution in [3.63, 3.8) is 0 Å². The van der Waals surface area contributed by atoms with Crippen LogP contribution in [-0.2, 0) is 16.0 Å². The van der Waals surface area contributed by atoms with Gasteiger partial charge in [0.2, 0.25) is 5.91 Å². The van der Waals surface area contributed by atoms with Crippen molar-refractivity contribution in [1.82, 2.24) is 15.1 Å². The first-order valence-corrected chi connectivity index (χ1v) is 12.1. The van der Waals surface area contributed by atoms with Gasteiger partial charge in [-0.15, -0.1) is 0 Å². The number of carbonyl (C=O) groups is 1. The van der Waals surface area contributed by atoms with Crippen molar-refractivity contribution in [3.8, 4) is 0 Å². The van der Waals surface area contributed by atoms with Crippen LogP contribution in [0.15, 0.2) is 30.3 Å². The van der Waals surface area contributed by atoms with Crippen LogP contribution in [0, 0.1) is 5.92 Å². The number of nitrogens with zero attached hydrogens (tertiary/aromatic N) is 2. The third kappa shape index (κ3) is 5.43. The van der Waals surface area contributed by atoms with E-state index < -0.39 is 0 Å². The van der Waals surface area contributed by atoms with Crippen LogP contribution in [0.3, 0.4) is 0 Å². The van der Waals surface area contributed by atoms with Crippen molar-refractivity contribution in [2.45, 2.75) is 56.9 Å². The molecule has 3 fully saturated rings. The average Bonchev–Trinajstić information content (AvgIpc) is 2.83. The quantitative estimate of drug-likeness (QED) is 0.746. The molecule has 5 nitrogen and oxygen atoms in total. The summed E-state index contributed by atoms with van der Waals surface area (Å²) in [5.41, 5.74) is 1.13. The minimum atomic E-state index is -0.288. The molecule has 0 spiro atoms. The number of likely N-dealkylation sites (tertiary alicyclic amines) is 1. The first-order chi connectivity index (χ1) is 14.8. The van der Waals surface area contributed by atoms with E-state index in [2.05, 4.69) is 45.4 Å². The summed E-state index contributed by atoms with van der Waals surface area (Å²) in [4.78, 5) is 18.5. The molecule has 0 aromatic heterocycles. The maximum atomic E-state index is 13.4. The van der Waals surface area contributed by atoms with Gasteiger partial charge in [0.15, 0.2) is 0 Å². The van der Waals surface area contributed by atoms with E-state index >= 15 is 0 Å². The zero-order chi connectivity index (χ0) is 20.7. The molecular formula is C25H39N3O2. The number of ether oxygens (including phenoxy) is 1. The van der Waals surface area contributed by atoms with Crippen molar-refractivity contribution in [2.24, 2.45) is 5.92 Å². The second-order valence-electron chi connectivity index (χ2n) is 9.45. The summed E-state index contributed by atoms with van der Waals surface area (Å²) in [6.45, 7) is 7.54. The monoisotopic (exact) mass is 413 g/mol. The fraction of sp³-hybridized carbons (Fsp3) is 0.720. The first-order valence-electron chi connectivity index (χ1n) is 12.1. The van der Waals surface area contributed by atoms with Crippen LogP contribution in [0.5, 0.6) is 0 Å². The normalized spacial score (nSPS) is 25.7. The molecule has 1 aromatic carbocycles. The molecule has 2 heterocycles. The van der Waals surface area contributed by atoms with E-state index in [0.29, 0.717) is 5.92 Å². The van der Waals surface area contributed by atoms with E-state index in [-0.39, 0.29) is 11.4 Å². The Morgan fingerprint density at radius 1 is 1.03 bits per heavy atom. The minimum absolute atomic E-state index is 0.283. The molecule has 1 aromatic rings. The molecular weight excluding hydrogens is 374 g/mol. The highest BCUT2D eigenvalue weighted by Gasteiger charge is 2.45. The van der Waals surface area contributed by atoms with Crippen molar-refractivity contribution in [2.75, 3.05) is 52.5 Å². The second-order valence-corrected chi connectivity index (χ2v) is 9.45. The topological polar surface area (TPSA) is 44.8 Å². The molecule has 4 rings (SSSR count). The van der Waals surface area contributed by atoms with Gasteiger partial charge in [-0.3, -0.25) is 9.69 Å². The largest absolute Gasteiger partial charge is 0.379 e. The number of amides is 1. The number of benzene rings is 1. The summed E-state index contributed by atoms with van der Waals surface area (Å²) < 4.78 is 5.56. The summed E-state index contributed by atoms with van der Waals surface area (Å²) in [7, 11) is 0. The Kier molecular flexibility index (Phi) is 7.80. The molecule has 0 radical (unpaired) electrons. The number of carbonyl (C=O) groups excluding carboxylic acids is 1. The molecule has 2 saturated heterocycles. The van der Waals surface area contributed by atoms with E-state index in [1.807, 2.05) is 0 Å². The maximum absolute atomic E-state index is 13.4. The summed E-state index contributed by atoms with van der Waals surface area (Å²) in [5.74, 6) is 0.856. The third-order valence-corrected chi connectivity index (χ3v) is 7.43. The van der Waals surface area contributed by atoms with Crippen LogP contribution in [0.4, 0.5) is 0 Å². The number of morpholine rings is 1. The fourth-order valence-corrected chi connectivity index (χ4v) is 5.67. The smallest absolute Gasteiger partial charge is 0.240 e. The highest BCUT2D eigenvalue weighted by atomic mass is 16.5. The van der Waals surface area contributed by atoms with Crippen LogP contribution in [0.2, 0.25) is 0 Å². The standard InChI is InChI=1S/C25H39N3O2/c29-24(25(12-5-2-6-13-25)28-16-18-30-19-17-28)26-20-23-10-7-14-27(21-23)15-11-22-8-3-1-4-9-22/h1,3-4,8-9,23H,2,5-7,10-21H2,(H,26,29)/t23-/m1/s1. The molecule has 1 saturated carbocycles. The number of hydrogen-bond acceptors (Lipinski definition) is 4. The highest BCUT2D eigenvalue weighted by Crippen LogP contribution is 2.34. The molecule has 30 heavy (non-hydrogen) atoms. The van der Waals surface area contributed by atoms with Crippen molar-refractivity contribution >= 4 is 5.91 Å². The van der Waals surface area contributed by atoms with Gasteiger partial charge in [-0.1, -0.05) is 49.6 Å². The van der Waals surface area contributed by atoms with Crippen LogP contribution in [0.1, 0.15) is 50.5 Å². The maximum Gasteiger partial charge on any atom is 0.240 e. The lowest BCUT2D eigenvalue weighted by molar-refractivity contribution is -0.140. The van der Waals surface area contributed by atoms with E-state index in [1.165, 1.54) is 44.2 Å². The molecule has 1 atom stereocenters. The highest BCUT2D eigenvalue weighted by molar-refractivity contribution is 5.86. The van der Waals surface area contributed by atoms with Crippen molar-refractivity contribution in [3.05, 3.63) is 35.9 Å². The Morgan fingerprint density at radius 2 is 1.80 bits per heavy atom. The zero-order valence-electron chi connectivity index (χ0n) is 18.5. The Balaban J connectivity index is 1.28. The Morgan fingerprint density at radius 3 is 2.57 bits per heavy atom. The van der Waals surface area contributed by atoms with Crippen molar-refractivity contribution in [1.29, 1.82) is 0 Å². The lowest BCUT2D eigenvalue weighted by atomic mass is 9.79. The van der Waals surface area contributed by atoms with Gasteiger partial charge >= 0.3 is 0 Å². The van der Waals surface area contributed by atoms with Crippen LogP contribution in [-0.4, -0.2) is 73.7 Å². The minimum Gasteiger partial charge on any atom is -0.379 e. The summed E-state index contributed by atoms with van der Waals surface area (Å²) >= 11 is 0. The predicted octanol–water partition coefficient (Wildman–Crippen LogP) is 3.09. The van der Waals surface area contributed by atoms with E-state index in [0.717, 1.165) is 65.2 Å². The predicted molar refractivity (Wildman–Crippen MR) is 121 cm³/mol. The molecule has 1 aliphatic carbocycles. The van der Waals surface area contributed by atoms with E-state index in [1.54, 1.807) is 0 Å². The number of rotatable bonds is 7. The molecule has 5 heteroatoms. The zero-order valence-corrected chi connectivity index (χ0v) is 18.5. The SMILES string of the molecule is O=C(NC[C@H]1CCCN(CCc2ccccc2)C1)C1(N2CCOCC2)CCCCC1. The molecule has 0 bridgehead atoms. The van der Waals surface area contributed by atoms with Crippen LogP contribution < -0.4 is 5.32 Å². The van der Waals surface area contributed by atoms with Crippen molar-refractivity contribution < 1.29 is 9.53 Å². The lowest BCUT2D eigenvalue weighted by Gasteiger charge is -2.46. The van der Waals surface area contributed by atoms with Gasteiger partial charge in [0.1, 0.15) is 5.54 Å². The number of piperidine rings is 1. The Labute approximate surface area is 182 Å². The second kappa shape index (κ2) is 10.7. The van der Waals surface area contributed by atoms with Gasteiger partial charge in [-0.25, -0.2) is 0 Å². The summed E-state index contributed by atoms with van der Waals surface area (Å²) in [6.07, 6.45) is 9.19. The lowest BCUT2D eigenvalue weighted by Crippen LogP contribution is -2.62. The third-order valence-electron chi connectivity index (χ3n) is 7.43. The molecule has 2 aliphatic heterocycles. The van der Waals surface area contributed by atoms with Crippen LogP contribution in [0.25, 0.3) is 0 Å². The summed E-state index contributed by atoms with van der Waals surface area (Å²) in [5, 5.41) is 3.41. The molecule has 0 unspecified atom stereocenters. The van der Waals surface area contributed by atoms with Gasteiger partial charge in [0, 0.05) is 32.7 Å². The molecule has 166 valence electrons. The van der Waals surface area contributed by atoms with Gasteiger partial charge in [-0.2, -0.15) is 0 Å². The van der Waals surface area contributed by atoms with Gasteiger partial charge in [0.25, 0.3) is 0 Å². The Bertz CT molecular complexity index is 654. The number of nitrogens with one attached hydrogen (secondary N) is 1. The molecule has 1 amide bonds. The van der Waals surface area contributed by atoms with E-state index in [9.17, 15) is 4.79 Å². The molecule has 3 aliphatic rings. The average molecular weight is 414 g/mol. The van der Waals surface area contributed by atoms with Gasteiger partial charge < -0.3 is 15.0 Å². The first kappa shape index (κ1) is 21.8. The summed E-state index contributed by atoms with van der Waals surface area (Å²) in [6, 6.07) is 10.8. The number of hydrogen-bond donors (Lipinski definition) is 1. The Hall–Kier alpha value is -1.43. The van der Waals surface area contributed by atoms with Crippen LogP contribution >= 0.6 is 0 Å². The van der Waals surface area contributed by atoms with Gasteiger partial charge in [-0.05, 0) is 50.1 Å². The van der Waals surface area contributed by atoms with E-state index in [4.69, 9.17) is 4.74 Å². The molecule has 1 N–H and O–H groups in total.